The molecule has 0 aliphatic heterocycles. The summed E-state index contributed by atoms with van der Waals surface area (Å²) >= 11 is 3.52. The van der Waals surface area contributed by atoms with Crippen molar-refractivity contribution in [3.05, 3.63) is 94.1 Å². The fourth-order valence-electron chi connectivity index (χ4n) is 4.22. The van der Waals surface area contributed by atoms with Gasteiger partial charge in [0.25, 0.3) is 0 Å². The highest BCUT2D eigenvalue weighted by Crippen LogP contribution is 2.47. The van der Waals surface area contributed by atoms with E-state index in [1.54, 1.807) is 31.6 Å². The molecule has 2 heterocycles. The largest absolute Gasteiger partial charge is 0.481 e. The first-order chi connectivity index (χ1) is 15.8. The lowest BCUT2D eigenvalue weighted by atomic mass is 9.73. The predicted octanol–water partition coefficient (Wildman–Crippen LogP) is 5.71. The number of aromatic nitrogens is 1. The summed E-state index contributed by atoms with van der Waals surface area (Å²) in [6, 6.07) is 17.4. The van der Waals surface area contributed by atoms with Gasteiger partial charge in [-0.3, -0.25) is 0 Å². The summed E-state index contributed by atoms with van der Waals surface area (Å²) in [7, 11) is 5.42. The summed E-state index contributed by atoms with van der Waals surface area (Å²) in [5.41, 5.74) is 0.379. The minimum absolute atomic E-state index is 0.328. The number of pyridine rings is 1. The van der Waals surface area contributed by atoms with Crippen LogP contribution < -0.4 is 4.74 Å². The third-order valence-corrected chi connectivity index (χ3v) is 6.34. The van der Waals surface area contributed by atoms with E-state index in [4.69, 9.17) is 14.1 Å². The highest BCUT2D eigenvalue weighted by Gasteiger charge is 2.44. The number of hydrogen-bond donors (Lipinski definition) is 1. The van der Waals surface area contributed by atoms with Crippen molar-refractivity contribution >= 4 is 26.8 Å². The van der Waals surface area contributed by atoms with Crippen LogP contribution in [0.4, 0.5) is 4.39 Å². The number of rotatable bonds is 8. The van der Waals surface area contributed by atoms with E-state index in [1.807, 2.05) is 49.3 Å². The minimum Gasteiger partial charge on any atom is -0.481 e. The second kappa shape index (κ2) is 9.63. The van der Waals surface area contributed by atoms with Gasteiger partial charge in [0.15, 0.2) is 0 Å². The van der Waals surface area contributed by atoms with E-state index < -0.39 is 17.3 Å². The van der Waals surface area contributed by atoms with Crippen molar-refractivity contribution in [1.29, 1.82) is 0 Å². The molecule has 172 valence electrons. The lowest BCUT2D eigenvalue weighted by Gasteiger charge is -2.37. The monoisotopic (exact) mass is 512 g/mol. The number of nitrogens with zero attached hydrogens (tertiary/aromatic N) is 2. The third kappa shape index (κ3) is 4.81. The molecule has 5 nitrogen and oxygen atoms in total. The van der Waals surface area contributed by atoms with Gasteiger partial charge < -0.3 is 19.2 Å². The second-order valence-corrected chi connectivity index (χ2v) is 9.28. The normalized spacial score (nSPS) is 14.4. The molecule has 0 aliphatic rings. The lowest BCUT2D eigenvalue weighted by molar-refractivity contribution is -0.00193. The molecule has 0 saturated carbocycles. The van der Waals surface area contributed by atoms with Gasteiger partial charge in [-0.1, -0.05) is 28.1 Å². The predicted molar refractivity (Wildman–Crippen MR) is 130 cm³/mol. The Hall–Kier alpha value is -2.74. The van der Waals surface area contributed by atoms with Gasteiger partial charge in [-0.05, 0) is 74.6 Å². The number of fused-ring (bicyclic) bond motifs is 1. The van der Waals surface area contributed by atoms with Crippen LogP contribution in [-0.4, -0.2) is 42.7 Å². The SMILES string of the molecule is COc1nc2ccc(Br)cc2cc1C(c1ccco1)C(O)(CCN(C)C)c1cccc(F)c1. The molecule has 4 rings (SSSR count). The van der Waals surface area contributed by atoms with E-state index in [9.17, 15) is 9.50 Å². The minimum atomic E-state index is -1.50. The van der Waals surface area contributed by atoms with Crippen molar-refractivity contribution < 1.29 is 18.7 Å². The highest BCUT2D eigenvalue weighted by atomic mass is 79.9. The molecular weight excluding hydrogens is 487 g/mol. The van der Waals surface area contributed by atoms with Gasteiger partial charge in [0, 0.05) is 22.0 Å². The summed E-state index contributed by atoms with van der Waals surface area (Å²) in [5, 5.41) is 13.2. The molecule has 7 heteroatoms. The van der Waals surface area contributed by atoms with Crippen LogP contribution in [-0.2, 0) is 5.60 Å². The molecular formula is C26H26BrFN2O3. The Balaban J connectivity index is 2.00. The maximum atomic E-state index is 14.3. The second-order valence-electron chi connectivity index (χ2n) is 8.36. The zero-order chi connectivity index (χ0) is 23.6. The zero-order valence-electron chi connectivity index (χ0n) is 18.8. The Morgan fingerprint density at radius 2 is 1.97 bits per heavy atom. The average Bonchev–Trinajstić information content (AvgIpc) is 3.31. The number of methoxy groups -OCH3 is 1. The molecule has 0 fully saturated rings. The number of halogens is 2. The molecule has 0 saturated heterocycles. The van der Waals surface area contributed by atoms with Crippen LogP contribution in [0.15, 0.2) is 75.8 Å². The van der Waals surface area contributed by atoms with Crippen molar-refractivity contribution in [3.8, 4) is 5.88 Å². The zero-order valence-corrected chi connectivity index (χ0v) is 20.3. The number of ether oxygens (including phenoxy) is 1. The Kier molecular flexibility index (Phi) is 6.83. The van der Waals surface area contributed by atoms with E-state index in [0.717, 1.165) is 15.4 Å². The number of benzene rings is 2. The molecule has 4 aromatic rings. The Morgan fingerprint density at radius 3 is 2.64 bits per heavy atom. The van der Waals surface area contributed by atoms with Gasteiger partial charge in [-0.25, -0.2) is 9.37 Å². The van der Waals surface area contributed by atoms with Gasteiger partial charge in [-0.2, -0.15) is 0 Å². The first-order valence-electron chi connectivity index (χ1n) is 10.6. The number of aliphatic hydroxyl groups is 1. The van der Waals surface area contributed by atoms with Crippen LogP contribution in [0.25, 0.3) is 10.9 Å². The molecule has 2 aromatic carbocycles. The van der Waals surface area contributed by atoms with Gasteiger partial charge in [-0.15, -0.1) is 0 Å². The Morgan fingerprint density at radius 1 is 1.15 bits per heavy atom. The summed E-state index contributed by atoms with van der Waals surface area (Å²) in [6.07, 6.45) is 1.90. The van der Waals surface area contributed by atoms with E-state index in [1.165, 1.54) is 12.1 Å². The molecule has 0 radical (unpaired) electrons. The van der Waals surface area contributed by atoms with E-state index in [-0.39, 0.29) is 0 Å². The topological polar surface area (TPSA) is 58.7 Å². The molecule has 0 spiro atoms. The Bertz CT molecular complexity index is 1250. The smallest absolute Gasteiger partial charge is 0.217 e. The van der Waals surface area contributed by atoms with Gasteiger partial charge in [0.2, 0.25) is 5.88 Å². The van der Waals surface area contributed by atoms with Crippen molar-refractivity contribution in [2.75, 3.05) is 27.7 Å². The van der Waals surface area contributed by atoms with E-state index in [2.05, 4.69) is 15.9 Å². The van der Waals surface area contributed by atoms with Crippen molar-refractivity contribution in [3.63, 3.8) is 0 Å². The van der Waals surface area contributed by atoms with E-state index >= 15 is 0 Å². The molecule has 0 amide bonds. The maximum Gasteiger partial charge on any atom is 0.217 e. The first-order valence-corrected chi connectivity index (χ1v) is 11.4. The van der Waals surface area contributed by atoms with Crippen LogP contribution in [0.5, 0.6) is 5.88 Å². The molecule has 2 aromatic heterocycles. The number of hydrogen-bond acceptors (Lipinski definition) is 5. The molecule has 2 unspecified atom stereocenters. The third-order valence-electron chi connectivity index (χ3n) is 5.84. The van der Waals surface area contributed by atoms with Gasteiger partial charge in [0.05, 0.1) is 24.8 Å². The van der Waals surface area contributed by atoms with Crippen LogP contribution in [0.2, 0.25) is 0 Å². The lowest BCUT2D eigenvalue weighted by Crippen LogP contribution is -2.37. The van der Waals surface area contributed by atoms with Crippen molar-refractivity contribution in [2.24, 2.45) is 0 Å². The fourth-order valence-corrected chi connectivity index (χ4v) is 4.60. The first kappa shape index (κ1) is 23.4. The van der Waals surface area contributed by atoms with Crippen molar-refractivity contribution in [1.82, 2.24) is 9.88 Å². The van der Waals surface area contributed by atoms with Crippen LogP contribution in [0, 0.1) is 5.82 Å². The number of furan rings is 1. The molecule has 0 bridgehead atoms. The van der Waals surface area contributed by atoms with Crippen LogP contribution >= 0.6 is 15.9 Å². The van der Waals surface area contributed by atoms with Crippen molar-refractivity contribution in [2.45, 2.75) is 17.9 Å². The summed E-state index contributed by atoms with van der Waals surface area (Å²) in [5.74, 6) is -0.192. The maximum absolute atomic E-state index is 14.3. The van der Waals surface area contributed by atoms with E-state index in [0.29, 0.717) is 35.7 Å². The molecule has 2 atom stereocenters. The molecule has 0 aliphatic carbocycles. The summed E-state index contributed by atoms with van der Waals surface area (Å²) in [4.78, 5) is 6.69. The summed E-state index contributed by atoms with van der Waals surface area (Å²) < 4.78 is 26.7. The highest BCUT2D eigenvalue weighted by molar-refractivity contribution is 9.10. The fraction of sp³-hybridized carbons (Fsp3) is 0.269. The molecule has 33 heavy (non-hydrogen) atoms. The summed E-state index contributed by atoms with van der Waals surface area (Å²) in [6.45, 7) is 0.569. The van der Waals surface area contributed by atoms with Gasteiger partial charge in [0.1, 0.15) is 17.2 Å². The Labute approximate surface area is 200 Å². The van der Waals surface area contributed by atoms with Crippen LogP contribution in [0.3, 0.4) is 0 Å². The quantitative estimate of drug-likeness (QED) is 0.327. The van der Waals surface area contributed by atoms with Crippen LogP contribution in [0.1, 0.15) is 29.2 Å². The average molecular weight is 513 g/mol. The standard InChI is InChI=1S/C26H26BrFN2O3/c1-30(2)12-11-26(31,18-6-4-7-20(28)16-18)24(23-8-5-13-33-23)21-15-17-14-19(27)9-10-22(17)29-25(21)32-3/h4-10,13-16,24,31H,11-12H2,1-3H3. The molecule has 1 N–H and O–H groups in total. The van der Waals surface area contributed by atoms with Gasteiger partial charge >= 0.3 is 0 Å².